The molecule has 0 spiro atoms. The number of rotatable bonds is 9. The number of fused-ring (bicyclic) bond motifs is 1. The van der Waals surface area contributed by atoms with Crippen molar-refractivity contribution < 1.29 is 19.7 Å². The molecule has 168 valence electrons. The highest BCUT2D eigenvalue weighted by atomic mass is 16.5. The van der Waals surface area contributed by atoms with E-state index in [1.165, 1.54) is 0 Å². The zero-order valence-corrected chi connectivity index (χ0v) is 18.5. The Bertz CT molecular complexity index is 1140. The molecule has 0 aliphatic rings. The lowest BCUT2D eigenvalue weighted by Gasteiger charge is -2.23. The Balaban J connectivity index is 2.09. The molecule has 6 heteroatoms. The van der Waals surface area contributed by atoms with E-state index >= 15 is 0 Å². The van der Waals surface area contributed by atoms with Gasteiger partial charge in [-0.1, -0.05) is 30.0 Å². The number of ether oxygens (including phenoxy) is 1. The van der Waals surface area contributed by atoms with Gasteiger partial charge in [0.2, 0.25) is 0 Å². The largest absolute Gasteiger partial charge is 0.490 e. The van der Waals surface area contributed by atoms with E-state index in [4.69, 9.17) is 15.6 Å². The molecule has 0 saturated carbocycles. The number of hydrogen-bond donors (Lipinski definition) is 4. The van der Waals surface area contributed by atoms with Gasteiger partial charge in [0.25, 0.3) is 5.91 Å². The van der Waals surface area contributed by atoms with Crippen LogP contribution in [-0.2, 0) is 6.42 Å². The number of primary amides is 1. The highest BCUT2D eigenvalue weighted by Crippen LogP contribution is 2.35. The Hall–Kier alpha value is -3.27. The zero-order chi connectivity index (χ0) is 23.1. The molecule has 0 aliphatic carbocycles. The number of para-hydroxylation sites is 1. The molecule has 0 fully saturated rings. The standard InChI is InChI=1S/C26H30N2O4/c1-17(2)32-25-22(12-18(8-4-3-7-11-29)13-23(25)26(27)31)20(16-30)14-19-15-28-24-10-6-5-9-21(19)24/h5-6,9-10,12-13,15,17,20,28-30H,3,7,11,14,16H2,1-2H3,(H2,27,31)/t20-/m0/s1. The van der Waals surface area contributed by atoms with Gasteiger partial charge in [0.1, 0.15) is 5.75 Å². The summed E-state index contributed by atoms with van der Waals surface area (Å²) in [7, 11) is 0. The van der Waals surface area contributed by atoms with Crippen LogP contribution in [0.25, 0.3) is 10.9 Å². The number of amides is 1. The normalized spacial score (nSPS) is 11.9. The first kappa shape index (κ1) is 23.4. The summed E-state index contributed by atoms with van der Waals surface area (Å²) < 4.78 is 6.02. The number of nitrogens with two attached hydrogens (primary N) is 1. The maximum atomic E-state index is 12.3. The molecule has 6 nitrogen and oxygen atoms in total. The predicted octanol–water partition coefficient (Wildman–Crippen LogP) is 3.50. The lowest BCUT2D eigenvalue weighted by atomic mass is 9.88. The molecular formula is C26H30N2O4. The number of unbranched alkanes of at least 4 members (excludes halogenated alkanes) is 1. The summed E-state index contributed by atoms with van der Waals surface area (Å²) in [6.45, 7) is 3.70. The van der Waals surface area contributed by atoms with Crippen LogP contribution >= 0.6 is 0 Å². The van der Waals surface area contributed by atoms with E-state index < -0.39 is 5.91 Å². The summed E-state index contributed by atoms with van der Waals surface area (Å²) in [5.74, 6) is 5.53. The van der Waals surface area contributed by atoms with E-state index in [0.29, 0.717) is 36.1 Å². The smallest absolute Gasteiger partial charge is 0.252 e. The fourth-order valence-electron chi connectivity index (χ4n) is 3.75. The Morgan fingerprint density at radius 2 is 2.00 bits per heavy atom. The van der Waals surface area contributed by atoms with Crippen molar-refractivity contribution in [3.8, 4) is 17.6 Å². The number of carbonyl (C=O) groups excluding carboxylic acids is 1. The number of nitrogens with one attached hydrogen (secondary N) is 1. The van der Waals surface area contributed by atoms with Crippen LogP contribution in [-0.4, -0.2) is 40.4 Å². The molecule has 1 heterocycles. The highest BCUT2D eigenvalue weighted by molar-refractivity contribution is 5.96. The molecule has 0 aliphatic heterocycles. The molecule has 0 unspecified atom stereocenters. The highest BCUT2D eigenvalue weighted by Gasteiger charge is 2.24. The lowest BCUT2D eigenvalue weighted by molar-refractivity contribution is 0.0994. The van der Waals surface area contributed by atoms with E-state index in [0.717, 1.165) is 16.5 Å². The molecule has 0 saturated heterocycles. The summed E-state index contributed by atoms with van der Waals surface area (Å²) in [6, 6.07) is 11.5. The molecule has 32 heavy (non-hydrogen) atoms. The van der Waals surface area contributed by atoms with Crippen LogP contribution in [0.2, 0.25) is 0 Å². The monoisotopic (exact) mass is 434 g/mol. The molecule has 1 aromatic heterocycles. The minimum atomic E-state index is -0.607. The lowest BCUT2D eigenvalue weighted by Crippen LogP contribution is -2.19. The number of aromatic nitrogens is 1. The van der Waals surface area contributed by atoms with Gasteiger partial charge in [0.15, 0.2) is 0 Å². The Kier molecular flexibility index (Phi) is 7.93. The fourth-order valence-corrected chi connectivity index (χ4v) is 3.75. The minimum Gasteiger partial charge on any atom is -0.490 e. The van der Waals surface area contributed by atoms with Crippen LogP contribution in [0.1, 0.15) is 59.7 Å². The second-order valence-corrected chi connectivity index (χ2v) is 8.05. The van der Waals surface area contributed by atoms with Gasteiger partial charge in [-0.15, -0.1) is 0 Å². The number of carbonyl (C=O) groups is 1. The Morgan fingerprint density at radius 1 is 1.22 bits per heavy atom. The van der Waals surface area contributed by atoms with Crippen molar-refractivity contribution in [3.05, 3.63) is 64.8 Å². The number of aromatic amines is 1. The first-order valence-electron chi connectivity index (χ1n) is 10.8. The quantitative estimate of drug-likeness (QED) is 0.305. The van der Waals surface area contributed by atoms with Gasteiger partial charge < -0.3 is 25.7 Å². The van der Waals surface area contributed by atoms with Gasteiger partial charge in [-0.05, 0) is 50.5 Å². The van der Waals surface area contributed by atoms with Gasteiger partial charge >= 0.3 is 0 Å². The van der Waals surface area contributed by atoms with Gasteiger partial charge in [-0.25, -0.2) is 0 Å². The average Bonchev–Trinajstić information content (AvgIpc) is 3.18. The van der Waals surface area contributed by atoms with Crippen LogP contribution < -0.4 is 10.5 Å². The van der Waals surface area contributed by atoms with Gasteiger partial charge in [-0.2, -0.15) is 0 Å². The van der Waals surface area contributed by atoms with Crippen molar-refractivity contribution in [2.45, 2.75) is 45.1 Å². The van der Waals surface area contributed by atoms with Crippen molar-refractivity contribution in [2.24, 2.45) is 5.73 Å². The van der Waals surface area contributed by atoms with E-state index in [2.05, 4.69) is 16.8 Å². The summed E-state index contributed by atoms with van der Waals surface area (Å²) in [4.78, 5) is 15.5. The van der Waals surface area contributed by atoms with Crippen LogP contribution in [0.3, 0.4) is 0 Å². The summed E-state index contributed by atoms with van der Waals surface area (Å²) in [5, 5.41) is 20.4. The van der Waals surface area contributed by atoms with Crippen LogP contribution in [0.4, 0.5) is 0 Å². The van der Waals surface area contributed by atoms with Gasteiger partial charge in [-0.3, -0.25) is 4.79 Å². The second kappa shape index (κ2) is 10.9. The maximum Gasteiger partial charge on any atom is 0.252 e. The van der Waals surface area contributed by atoms with Crippen LogP contribution in [0.5, 0.6) is 5.75 Å². The van der Waals surface area contributed by atoms with E-state index in [-0.39, 0.29) is 30.8 Å². The SMILES string of the molecule is CC(C)Oc1c(C(N)=O)cc(C#CCCCO)cc1[C@H](CO)Cc1c[nH]c2ccccc12. The molecule has 0 bridgehead atoms. The van der Waals surface area contributed by atoms with Gasteiger partial charge in [0.05, 0.1) is 18.3 Å². The van der Waals surface area contributed by atoms with Crippen molar-refractivity contribution >= 4 is 16.8 Å². The molecule has 3 rings (SSSR count). The molecule has 2 aromatic carbocycles. The third kappa shape index (κ3) is 5.50. The summed E-state index contributed by atoms with van der Waals surface area (Å²) >= 11 is 0. The van der Waals surface area contributed by atoms with Crippen molar-refractivity contribution in [1.82, 2.24) is 4.98 Å². The average molecular weight is 435 g/mol. The van der Waals surface area contributed by atoms with Crippen molar-refractivity contribution in [1.29, 1.82) is 0 Å². The third-order valence-corrected chi connectivity index (χ3v) is 5.23. The zero-order valence-electron chi connectivity index (χ0n) is 18.5. The predicted molar refractivity (Wildman–Crippen MR) is 126 cm³/mol. The second-order valence-electron chi connectivity index (χ2n) is 8.05. The molecule has 1 amide bonds. The van der Waals surface area contributed by atoms with Crippen LogP contribution in [0.15, 0.2) is 42.6 Å². The van der Waals surface area contributed by atoms with Crippen molar-refractivity contribution in [2.75, 3.05) is 13.2 Å². The number of aliphatic hydroxyl groups is 2. The summed E-state index contributed by atoms with van der Waals surface area (Å²) in [6.07, 6.45) is 3.44. The fraction of sp³-hybridized carbons (Fsp3) is 0.346. The number of H-pyrrole nitrogens is 1. The Labute approximate surface area is 188 Å². The first-order valence-corrected chi connectivity index (χ1v) is 10.8. The van der Waals surface area contributed by atoms with E-state index in [9.17, 15) is 9.90 Å². The number of benzene rings is 2. The van der Waals surface area contributed by atoms with Gasteiger partial charge in [0, 0.05) is 47.2 Å². The van der Waals surface area contributed by atoms with E-state index in [1.54, 1.807) is 6.07 Å². The number of aliphatic hydroxyl groups excluding tert-OH is 2. The molecule has 0 radical (unpaired) electrons. The van der Waals surface area contributed by atoms with Crippen LogP contribution in [0, 0.1) is 11.8 Å². The molecule has 5 N–H and O–H groups in total. The van der Waals surface area contributed by atoms with Crippen molar-refractivity contribution in [3.63, 3.8) is 0 Å². The Morgan fingerprint density at radius 3 is 2.69 bits per heavy atom. The topological polar surface area (TPSA) is 109 Å². The number of hydrogen-bond acceptors (Lipinski definition) is 4. The minimum absolute atomic E-state index is 0.0742. The first-order chi connectivity index (χ1) is 15.4. The summed E-state index contributed by atoms with van der Waals surface area (Å²) in [5.41, 5.74) is 9.36. The molecule has 3 aromatic rings. The maximum absolute atomic E-state index is 12.3. The van der Waals surface area contributed by atoms with E-state index in [1.807, 2.05) is 50.4 Å². The molecular weight excluding hydrogens is 404 g/mol. The third-order valence-electron chi connectivity index (χ3n) is 5.23. The molecule has 1 atom stereocenters.